The van der Waals surface area contributed by atoms with Gasteiger partial charge in [-0.3, -0.25) is 20.4 Å². The minimum Gasteiger partial charge on any atom is -0.390 e. The van der Waals surface area contributed by atoms with Gasteiger partial charge in [-0.1, -0.05) is 0 Å². The van der Waals surface area contributed by atoms with Gasteiger partial charge in [0.2, 0.25) is 5.91 Å². The van der Waals surface area contributed by atoms with Gasteiger partial charge in [-0.15, -0.1) is 0 Å². The van der Waals surface area contributed by atoms with Gasteiger partial charge in [0.05, 0.1) is 11.8 Å². The second-order valence-corrected chi connectivity index (χ2v) is 3.91. The lowest BCUT2D eigenvalue weighted by molar-refractivity contribution is -0.135. The zero-order chi connectivity index (χ0) is 13.1. The third-order valence-electron chi connectivity index (χ3n) is 2.61. The molecule has 0 saturated carbocycles. The van der Waals surface area contributed by atoms with E-state index in [1.54, 1.807) is 0 Å². The Labute approximate surface area is 102 Å². The van der Waals surface area contributed by atoms with Gasteiger partial charge in [-0.2, -0.15) is 0 Å². The fourth-order valence-electron chi connectivity index (χ4n) is 1.65. The molecule has 1 aromatic rings. The molecule has 1 saturated heterocycles. The van der Waals surface area contributed by atoms with Crippen LogP contribution < -0.4 is 16.2 Å². The SMILES string of the molecule is O=C1NCC(O)C1C(=O)NNc1ccc(F)cc1. The Bertz CT molecular complexity index is 463. The van der Waals surface area contributed by atoms with Crippen molar-refractivity contribution >= 4 is 17.5 Å². The highest BCUT2D eigenvalue weighted by atomic mass is 19.1. The Balaban J connectivity index is 1.92. The first-order valence-corrected chi connectivity index (χ1v) is 5.35. The molecule has 0 aromatic heterocycles. The summed E-state index contributed by atoms with van der Waals surface area (Å²) >= 11 is 0. The maximum Gasteiger partial charge on any atom is 0.253 e. The van der Waals surface area contributed by atoms with Crippen molar-refractivity contribution in [1.29, 1.82) is 0 Å². The van der Waals surface area contributed by atoms with Gasteiger partial charge >= 0.3 is 0 Å². The number of anilines is 1. The van der Waals surface area contributed by atoms with Gasteiger partial charge in [0, 0.05) is 6.54 Å². The number of halogens is 1. The molecule has 2 unspecified atom stereocenters. The first-order chi connectivity index (χ1) is 8.58. The van der Waals surface area contributed by atoms with Crippen molar-refractivity contribution in [2.75, 3.05) is 12.0 Å². The van der Waals surface area contributed by atoms with Crippen LogP contribution in [0.2, 0.25) is 0 Å². The molecule has 0 aliphatic carbocycles. The second kappa shape index (κ2) is 5.01. The molecule has 0 bridgehead atoms. The smallest absolute Gasteiger partial charge is 0.253 e. The summed E-state index contributed by atoms with van der Waals surface area (Å²) in [5, 5.41) is 11.8. The Hall–Kier alpha value is -2.15. The molecule has 4 N–H and O–H groups in total. The quantitative estimate of drug-likeness (QED) is 0.427. The number of carbonyl (C=O) groups is 2. The Kier molecular flexibility index (Phi) is 3.42. The first-order valence-electron chi connectivity index (χ1n) is 5.35. The number of benzene rings is 1. The number of amides is 2. The van der Waals surface area contributed by atoms with E-state index in [9.17, 15) is 19.1 Å². The van der Waals surface area contributed by atoms with Crippen LogP contribution >= 0.6 is 0 Å². The van der Waals surface area contributed by atoms with E-state index < -0.39 is 29.7 Å². The normalized spacial score (nSPS) is 22.4. The lowest BCUT2D eigenvalue weighted by Gasteiger charge is -2.13. The van der Waals surface area contributed by atoms with E-state index in [1.165, 1.54) is 24.3 Å². The van der Waals surface area contributed by atoms with Crippen LogP contribution in [0.4, 0.5) is 10.1 Å². The minimum absolute atomic E-state index is 0.0630. The molecule has 0 spiro atoms. The summed E-state index contributed by atoms with van der Waals surface area (Å²) in [6.45, 7) is 0.0630. The van der Waals surface area contributed by atoms with E-state index in [-0.39, 0.29) is 6.54 Å². The highest BCUT2D eigenvalue weighted by molar-refractivity contribution is 6.02. The van der Waals surface area contributed by atoms with Crippen LogP contribution in [0, 0.1) is 11.7 Å². The van der Waals surface area contributed by atoms with Crippen molar-refractivity contribution in [3.05, 3.63) is 30.1 Å². The van der Waals surface area contributed by atoms with E-state index in [2.05, 4.69) is 16.2 Å². The molecule has 1 aliphatic heterocycles. The highest BCUT2D eigenvalue weighted by Crippen LogP contribution is 2.11. The van der Waals surface area contributed by atoms with Crippen molar-refractivity contribution < 1.29 is 19.1 Å². The number of nitrogens with one attached hydrogen (secondary N) is 3. The third-order valence-corrected chi connectivity index (χ3v) is 2.61. The molecular weight excluding hydrogens is 241 g/mol. The summed E-state index contributed by atoms with van der Waals surface area (Å²) in [6.07, 6.45) is -1.03. The highest BCUT2D eigenvalue weighted by Gasteiger charge is 2.39. The van der Waals surface area contributed by atoms with Crippen LogP contribution in [-0.4, -0.2) is 29.6 Å². The zero-order valence-electron chi connectivity index (χ0n) is 9.31. The van der Waals surface area contributed by atoms with Crippen LogP contribution in [0.3, 0.4) is 0 Å². The van der Waals surface area contributed by atoms with Gasteiger partial charge in [0.15, 0.2) is 0 Å². The van der Waals surface area contributed by atoms with Gasteiger partial charge in [0.1, 0.15) is 11.7 Å². The summed E-state index contributed by atoms with van der Waals surface area (Å²) in [5.74, 6) is -2.67. The summed E-state index contributed by atoms with van der Waals surface area (Å²) in [4.78, 5) is 22.9. The summed E-state index contributed by atoms with van der Waals surface area (Å²) in [6, 6.07) is 5.32. The van der Waals surface area contributed by atoms with E-state index in [1.807, 2.05) is 0 Å². The topological polar surface area (TPSA) is 90.5 Å². The van der Waals surface area contributed by atoms with E-state index in [0.717, 1.165) is 0 Å². The van der Waals surface area contributed by atoms with Crippen LogP contribution in [0.15, 0.2) is 24.3 Å². The molecule has 1 aromatic carbocycles. The van der Waals surface area contributed by atoms with Crippen molar-refractivity contribution in [3.8, 4) is 0 Å². The lowest BCUT2D eigenvalue weighted by atomic mass is 10.1. The Morgan fingerprint density at radius 3 is 2.61 bits per heavy atom. The molecule has 2 rings (SSSR count). The summed E-state index contributed by atoms with van der Waals surface area (Å²) in [7, 11) is 0. The van der Waals surface area contributed by atoms with Gasteiger partial charge < -0.3 is 10.4 Å². The fourth-order valence-corrected chi connectivity index (χ4v) is 1.65. The van der Waals surface area contributed by atoms with E-state index >= 15 is 0 Å². The number of hydrogen-bond donors (Lipinski definition) is 4. The molecule has 7 heteroatoms. The summed E-state index contributed by atoms with van der Waals surface area (Å²) in [5.41, 5.74) is 5.29. The molecule has 1 fully saturated rings. The average molecular weight is 253 g/mol. The third kappa shape index (κ3) is 2.57. The molecule has 1 heterocycles. The van der Waals surface area contributed by atoms with Crippen LogP contribution in [0.1, 0.15) is 0 Å². The minimum atomic E-state index is -1.13. The number of hydrazine groups is 1. The van der Waals surface area contributed by atoms with Crippen molar-refractivity contribution in [2.45, 2.75) is 6.10 Å². The molecule has 2 amide bonds. The maximum absolute atomic E-state index is 12.6. The number of β-amino-alcohol motifs (C(OH)–C–C–N with tert-alkyl or cyclic N) is 1. The zero-order valence-corrected chi connectivity index (χ0v) is 9.31. The number of aliphatic hydroxyl groups is 1. The Morgan fingerprint density at radius 2 is 2.06 bits per heavy atom. The first kappa shape index (κ1) is 12.3. The van der Waals surface area contributed by atoms with Crippen molar-refractivity contribution in [1.82, 2.24) is 10.7 Å². The molecule has 18 heavy (non-hydrogen) atoms. The van der Waals surface area contributed by atoms with Crippen LogP contribution in [0.25, 0.3) is 0 Å². The second-order valence-electron chi connectivity index (χ2n) is 3.91. The van der Waals surface area contributed by atoms with E-state index in [4.69, 9.17) is 0 Å². The fraction of sp³-hybridized carbons (Fsp3) is 0.273. The van der Waals surface area contributed by atoms with Gasteiger partial charge in [-0.25, -0.2) is 4.39 Å². The van der Waals surface area contributed by atoms with Gasteiger partial charge in [0.25, 0.3) is 5.91 Å². The number of rotatable bonds is 3. The molecule has 0 radical (unpaired) electrons. The number of hydrogen-bond acceptors (Lipinski definition) is 4. The maximum atomic E-state index is 12.6. The predicted molar refractivity (Wildman–Crippen MR) is 60.7 cm³/mol. The summed E-state index contributed by atoms with van der Waals surface area (Å²) < 4.78 is 12.6. The van der Waals surface area contributed by atoms with Gasteiger partial charge in [-0.05, 0) is 24.3 Å². The molecule has 6 nitrogen and oxygen atoms in total. The monoisotopic (exact) mass is 253 g/mol. The van der Waals surface area contributed by atoms with E-state index in [0.29, 0.717) is 5.69 Å². The molecule has 2 atom stereocenters. The molecular formula is C11H12FN3O3. The molecule has 96 valence electrons. The van der Waals surface area contributed by atoms with Crippen molar-refractivity contribution in [3.63, 3.8) is 0 Å². The largest absolute Gasteiger partial charge is 0.390 e. The van der Waals surface area contributed by atoms with Crippen LogP contribution in [-0.2, 0) is 9.59 Å². The average Bonchev–Trinajstić information content (AvgIpc) is 2.68. The standard InChI is InChI=1S/C11H12FN3O3/c12-6-1-3-7(4-2-6)14-15-11(18)9-8(16)5-13-10(9)17/h1-4,8-9,14,16H,5H2,(H,13,17)(H,15,18). The van der Waals surface area contributed by atoms with Crippen LogP contribution in [0.5, 0.6) is 0 Å². The lowest BCUT2D eigenvalue weighted by Crippen LogP contribution is -2.41. The number of aliphatic hydroxyl groups excluding tert-OH is 1. The van der Waals surface area contributed by atoms with Crippen molar-refractivity contribution in [2.24, 2.45) is 5.92 Å². The molecule has 1 aliphatic rings. The Morgan fingerprint density at radius 1 is 1.39 bits per heavy atom. The number of carbonyl (C=O) groups excluding carboxylic acids is 2. The predicted octanol–water partition coefficient (Wildman–Crippen LogP) is -0.624.